The van der Waals surface area contributed by atoms with Crippen LogP contribution < -0.4 is 0 Å². The number of aliphatic hydroxyl groups excluding tert-OH is 1. The van der Waals surface area contributed by atoms with E-state index in [1.54, 1.807) is 13.0 Å². The third kappa shape index (κ3) is 4.30. The average molecular weight is 229 g/mol. The minimum Gasteiger partial charge on any atom is -0.463 e. The van der Waals surface area contributed by atoms with Crippen molar-refractivity contribution in [1.82, 2.24) is 4.90 Å². The Kier molecular flexibility index (Phi) is 6.07. The number of carbonyl (C=O) groups is 1. The highest BCUT2D eigenvalue weighted by Gasteiger charge is 2.20. The fourth-order valence-corrected chi connectivity index (χ4v) is 1.57. The molecule has 0 bridgehead atoms. The topological polar surface area (TPSA) is 59.0 Å². The van der Waals surface area contributed by atoms with Gasteiger partial charge >= 0.3 is 5.97 Å². The molecule has 0 amide bonds. The lowest BCUT2D eigenvalue weighted by atomic mass is 10.2. The van der Waals surface area contributed by atoms with Gasteiger partial charge in [-0.2, -0.15) is 0 Å². The number of morpholine rings is 1. The quantitative estimate of drug-likeness (QED) is 0.522. The van der Waals surface area contributed by atoms with Gasteiger partial charge in [0.25, 0.3) is 0 Å². The van der Waals surface area contributed by atoms with E-state index in [1.807, 2.05) is 0 Å². The van der Waals surface area contributed by atoms with E-state index in [4.69, 9.17) is 14.6 Å². The van der Waals surface area contributed by atoms with Gasteiger partial charge in [-0.1, -0.05) is 6.08 Å². The molecule has 0 saturated carbocycles. The van der Waals surface area contributed by atoms with E-state index in [9.17, 15) is 4.79 Å². The highest BCUT2D eigenvalue weighted by molar-refractivity contribution is 5.81. The molecule has 5 nitrogen and oxygen atoms in total. The standard InChI is InChI=1S/C11H19NO4/c1-2-16-11(14)4-3-5-12-6-7-15-9-10(12)8-13/h3-4,10,13H,2,5-9H2,1H3/b4-3+. The maximum Gasteiger partial charge on any atom is 0.330 e. The van der Waals surface area contributed by atoms with Crippen LogP contribution in [0.2, 0.25) is 0 Å². The number of ether oxygens (including phenoxy) is 2. The van der Waals surface area contributed by atoms with Crippen LogP contribution >= 0.6 is 0 Å². The summed E-state index contributed by atoms with van der Waals surface area (Å²) < 4.78 is 10.0. The molecule has 5 heteroatoms. The molecule has 1 aliphatic heterocycles. The van der Waals surface area contributed by atoms with E-state index >= 15 is 0 Å². The summed E-state index contributed by atoms with van der Waals surface area (Å²) in [6, 6.07) is 0.0283. The number of hydrogen-bond donors (Lipinski definition) is 1. The third-order valence-electron chi connectivity index (χ3n) is 2.44. The number of nitrogens with zero attached hydrogens (tertiary/aromatic N) is 1. The monoisotopic (exact) mass is 229 g/mol. The van der Waals surface area contributed by atoms with Crippen molar-refractivity contribution in [2.45, 2.75) is 13.0 Å². The van der Waals surface area contributed by atoms with Crippen LogP contribution in [0.15, 0.2) is 12.2 Å². The Morgan fingerprint density at radius 2 is 2.50 bits per heavy atom. The summed E-state index contributed by atoms with van der Waals surface area (Å²) >= 11 is 0. The molecule has 0 aliphatic carbocycles. The summed E-state index contributed by atoms with van der Waals surface area (Å²) in [6.45, 7) is 4.86. The highest BCUT2D eigenvalue weighted by Crippen LogP contribution is 2.05. The molecule has 1 rings (SSSR count). The first-order chi connectivity index (χ1) is 7.77. The van der Waals surface area contributed by atoms with Crippen LogP contribution in [0.1, 0.15) is 6.92 Å². The van der Waals surface area contributed by atoms with E-state index in [1.165, 1.54) is 6.08 Å². The minimum absolute atomic E-state index is 0.0283. The molecule has 0 radical (unpaired) electrons. The van der Waals surface area contributed by atoms with Gasteiger partial charge in [0, 0.05) is 19.2 Å². The summed E-state index contributed by atoms with van der Waals surface area (Å²) in [5, 5.41) is 9.12. The average Bonchev–Trinajstić information content (AvgIpc) is 2.30. The van der Waals surface area contributed by atoms with Gasteiger partial charge in [-0.25, -0.2) is 4.79 Å². The maximum absolute atomic E-state index is 11.0. The van der Waals surface area contributed by atoms with Crippen LogP contribution in [-0.4, -0.2) is 61.5 Å². The molecular weight excluding hydrogens is 210 g/mol. The van der Waals surface area contributed by atoms with E-state index < -0.39 is 0 Å². The summed E-state index contributed by atoms with van der Waals surface area (Å²) in [7, 11) is 0. The molecule has 1 aliphatic rings. The summed E-state index contributed by atoms with van der Waals surface area (Å²) in [6.07, 6.45) is 3.18. The fraction of sp³-hybridized carbons (Fsp3) is 0.727. The molecule has 92 valence electrons. The molecule has 0 spiro atoms. The van der Waals surface area contributed by atoms with Crippen molar-refractivity contribution in [3.05, 3.63) is 12.2 Å². The summed E-state index contributed by atoms with van der Waals surface area (Å²) in [4.78, 5) is 13.1. The van der Waals surface area contributed by atoms with Crippen molar-refractivity contribution in [2.75, 3.05) is 39.5 Å². The molecule has 1 N–H and O–H groups in total. The van der Waals surface area contributed by atoms with Crippen LogP contribution in [0.3, 0.4) is 0 Å². The third-order valence-corrected chi connectivity index (χ3v) is 2.44. The van der Waals surface area contributed by atoms with Crippen molar-refractivity contribution < 1.29 is 19.4 Å². The van der Waals surface area contributed by atoms with Gasteiger partial charge in [0.05, 0.1) is 32.5 Å². The largest absolute Gasteiger partial charge is 0.463 e. The number of rotatable bonds is 5. The van der Waals surface area contributed by atoms with E-state index in [0.717, 1.165) is 6.54 Å². The Morgan fingerprint density at radius 3 is 3.19 bits per heavy atom. The summed E-state index contributed by atoms with van der Waals surface area (Å²) in [5.41, 5.74) is 0. The van der Waals surface area contributed by atoms with Gasteiger partial charge < -0.3 is 14.6 Å². The van der Waals surface area contributed by atoms with Gasteiger partial charge in [-0.3, -0.25) is 4.90 Å². The van der Waals surface area contributed by atoms with Crippen LogP contribution in [0.5, 0.6) is 0 Å². The molecular formula is C11H19NO4. The van der Waals surface area contributed by atoms with E-state index in [2.05, 4.69) is 4.90 Å². The fourth-order valence-electron chi connectivity index (χ4n) is 1.57. The Morgan fingerprint density at radius 1 is 1.69 bits per heavy atom. The lowest BCUT2D eigenvalue weighted by Crippen LogP contribution is -2.47. The molecule has 1 fully saturated rings. The maximum atomic E-state index is 11.0. The predicted octanol–water partition coefficient (Wildman–Crippen LogP) is -0.201. The highest BCUT2D eigenvalue weighted by atomic mass is 16.5. The van der Waals surface area contributed by atoms with Crippen LogP contribution in [-0.2, 0) is 14.3 Å². The van der Waals surface area contributed by atoms with E-state index in [0.29, 0.717) is 26.4 Å². The normalized spacial score (nSPS) is 22.5. The van der Waals surface area contributed by atoms with E-state index in [-0.39, 0.29) is 18.6 Å². The number of hydrogen-bond acceptors (Lipinski definition) is 5. The molecule has 1 unspecified atom stereocenters. The zero-order valence-corrected chi connectivity index (χ0v) is 9.59. The van der Waals surface area contributed by atoms with Gasteiger partial charge in [0.15, 0.2) is 0 Å². The first-order valence-electron chi connectivity index (χ1n) is 5.54. The van der Waals surface area contributed by atoms with Gasteiger partial charge in [-0.15, -0.1) is 0 Å². The zero-order valence-electron chi connectivity index (χ0n) is 9.59. The molecule has 1 atom stereocenters. The second-order valence-electron chi connectivity index (χ2n) is 3.56. The number of esters is 1. The second-order valence-corrected chi connectivity index (χ2v) is 3.56. The van der Waals surface area contributed by atoms with Gasteiger partial charge in [-0.05, 0) is 6.92 Å². The lowest BCUT2D eigenvalue weighted by Gasteiger charge is -2.33. The smallest absolute Gasteiger partial charge is 0.330 e. The van der Waals surface area contributed by atoms with Crippen molar-refractivity contribution in [3.8, 4) is 0 Å². The molecule has 0 aromatic heterocycles. The van der Waals surface area contributed by atoms with Crippen molar-refractivity contribution in [3.63, 3.8) is 0 Å². The van der Waals surface area contributed by atoms with Crippen molar-refractivity contribution in [2.24, 2.45) is 0 Å². The van der Waals surface area contributed by atoms with Crippen molar-refractivity contribution in [1.29, 1.82) is 0 Å². The predicted molar refractivity (Wildman–Crippen MR) is 59.0 cm³/mol. The number of aliphatic hydroxyl groups is 1. The molecule has 1 saturated heterocycles. The zero-order chi connectivity index (χ0) is 11.8. The Labute approximate surface area is 95.6 Å². The van der Waals surface area contributed by atoms with Gasteiger partial charge in [0.1, 0.15) is 0 Å². The lowest BCUT2D eigenvalue weighted by molar-refractivity contribution is -0.137. The molecule has 16 heavy (non-hydrogen) atoms. The van der Waals surface area contributed by atoms with Gasteiger partial charge in [0.2, 0.25) is 0 Å². The molecule has 1 heterocycles. The SMILES string of the molecule is CCOC(=O)/C=C/CN1CCOCC1CO. The molecule has 0 aromatic rings. The first kappa shape index (κ1) is 13.2. The van der Waals surface area contributed by atoms with Crippen molar-refractivity contribution >= 4 is 5.97 Å². The van der Waals surface area contributed by atoms with Crippen LogP contribution in [0, 0.1) is 0 Å². The Hall–Kier alpha value is -0.910. The molecule has 0 aromatic carbocycles. The Balaban J connectivity index is 2.32. The summed E-state index contributed by atoms with van der Waals surface area (Å²) in [5.74, 6) is -0.323. The number of carbonyl (C=O) groups excluding carboxylic acids is 1. The first-order valence-corrected chi connectivity index (χ1v) is 5.54. The van der Waals surface area contributed by atoms with Crippen LogP contribution in [0.4, 0.5) is 0 Å². The second kappa shape index (κ2) is 7.38. The minimum atomic E-state index is -0.323. The van der Waals surface area contributed by atoms with Crippen LogP contribution in [0.25, 0.3) is 0 Å². The Bertz CT molecular complexity index is 242.